The van der Waals surface area contributed by atoms with Crippen molar-refractivity contribution in [1.29, 1.82) is 0 Å². The number of aromatic nitrogens is 1. The lowest BCUT2D eigenvalue weighted by molar-refractivity contribution is 0.0767. The quantitative estimate of drug-likeness (QED) is 0.441. The number of carbonyl (C=O) groups excluding carboxylic acids is 2. The number of hydrogen-bond acceptors (Lipinski definition) is 4. The molecule has 176 valence electrons. The van der Waals surface area contributed by atoms with Crippen molar-refractivity contribution in [2.75, 3.05) is 41.7 Å². The zero-order valence-electron chi connectivity index (χ0n) is 18.1. The van der Waals surface area contributed by atoms with Gasteiger partial charge in [0.1, 0.15) is 5.82 Å². The van der Waals surface area contributed by atoms with Crippen LogP contribution in [0.1, 0.15) is 16.8 Å². The number of urea groups is 1. The Hall–Kier alpha value is -3.00. The predicted octanol–water partition coefficient (Wildman–Crippen LogP) is 6.04. The summed E-state index contributed by atoms with van der Waals surface area (Å²) in [5, 5.41) is 6.75. The standard InChI is InChI=1S/C24H22Cl3N5O2/c25-16-6-8-18(20(27)14-16)23(33)32-11-3-10-31(12-13-32)22-9-7-17(15-28-22)29-24(34)30-21-5-2-1-4-19(21)26/h1-2,4-9,14-15H,3,10-13H2,(H2,29,30,34). The number of pyridine rings is 1. The van der Waals surface area contributed by atoms with E-state index >= 15 is 0 Å². The fourth-order valence-electron chi connectivity index (χ4n) is 3.68. The first-order valence-corrected chi connectivity index (χ1v) is 11.8. The number of anilines is 3. The maximum Gasteiger partial charge on any atom is 0.323 e. The molecule has 0 bridgehead atoms. The summed E-state index contributed by atoms with van der Waals surface area (Å²) < 4.78 is 0. The summed E-state index contributed by atoms with van der Waals surface area (Å²) in [4.78, 5) is 33.6. The molecule has 3 aromatic rings. The van der Waals surface area contributed by atoms with Crippen LogP contribution < -0.4 is 15.5 Å². The van der Waals surface area contributed by atoms with Gasteiger partial charge in [0.25, 0.3) is 5.91 Å². The zero-order valence-corrected chi connectivity index (χ0v) is 20.4. The Morgan fingerprint density at radius 2 is 1.68 bits per heavy atom. The van der Waals surface area contributed by atoms with Gasteiger partial charge in [0.15, 0.2) is 0 Å². The highest BCUT2D eigenvalue weighted by atomic mass is 35.5. The van der Waals surface area contributed by atoms with Crippen LogP contribution in [0.2, 0.25) is 15.1 Å². The lowest BCUT2D eigenvalue weighted by atomic mass is 10.2. The van der Waals surface area contributed by atoms with Gasteiger partial charge in [0.05, 0.1) is 33.2 Å². The molecular formula is C24H22Cl3N5O2. The molecule has 1 aliphatic rings. The van der Waals surface area contributed by atoms with Gasteiger partial charge in [-0.3, -0.25) is 4.79 Å². The second-order valence-electron chi connectivity index (χ2n) is 7.72. The molecular weight excluding hydrogens is 497 g/mol. The maximum absolute atomic E-state index is 12.9. The van der Waals surface area contributed by atoms with E-state index in [1.54, 1.807) is 59.6 Å². The lowest BCUT2D eigenvalue weighted by Gasteiger charge is -2.23. The van der Waals surface area contributed by atoms with Crippen molar-refractivity contribution in [3.63, 3.8) is 0 Å². The third-order valence-corrected chi connectivity index (χ3v) is 6.27. The summed E-state index contributed by atoms with van der Waals surface area (Å²) in [6.07, 6.45) is 2.39. The first kappa shape index (κ1) is 24.1. The Morgan fingerprint density at radius 1 is 0.853 bits per heavy atom. The molecule has 0 spiro atoms. The molecule has 1 aromatic heterocycles. The summed E-state index contributed by atoms with van der Waals surface area (Å²) in [5.41, 5.74) is 1.52. The number of benzene rings is 2. The Labute approximate surface area is 212 Å². The van der Waals surface area contributed by atoms with Crippen molar-refractivity contribution in [2.45, 2.75) is 6.42 Å². The number of para-hydroxylation sites is 1. The fourth-order valence-corrected chi connectivity index (χ4v) is 4.35. The van der Waals surface area contributed by atoms with Crippen LogP contribution >= 0.6 is 34.8 Å². The van der Waals surface area contributed by atoms with E-state index in [4.69, 9.17) is 34.8 Å². The summed E-state index contributed by atoms with van der Waals surface area (Å²) >= 11 is 18.2. The highest BCUT2D eigenvalue weighted by Crippen LogP contribution is 2.24. The van der Waals surface area contributed by atoms with E-state index in [0.717, 1.165) is 18.8 Å². The van der Waals surface area contributed by atoms with Crippen molar-refractivity contribution in [1.82, 2.24) is 9.88 Å². The van der Waals surface area contributed by atoms with Crippen LogP contribution in [0.15, 0.2) is 60.8 Å². The van der Waals surface area contributed by atoms with Gasteiger partial charge in [-0.15, -0.1) is 0 Å². The molecule has 0 atom stereocenters. The number of nitrogens with zero attached hydrogens (tertiary/aromatic N) is 3. The van der Waals surface area contributed by atoms with Gasteiger partial charge >= 0.3 is 6.03 Å². The molecule has 2 aromatic carbocycles. The van der Waals surface area contributed by atoms with Crippen LogP contribution in [0.25, 0.3) is 0 Å². The molecule has 1 saturated heterocycles. The van der Waals surface area contributed by atoms with Gasteiger partial charge in [0.2, 0.25) is 0 Å². The van der Waals surface area contributed by atoms with Crippen LogP contribution in [-0.4, -0.2) is 48.0 Å². The molecule has 0 aliphatic carbocycles. The average Bonchev–Trinajstić information content (AvgIpc) is 3.07. The Kier molecular flexibility index (Phi) is 7.77. The molecule has 0 saturated carbocycles. The summed E-state index contributed by atoms with van der Waals surface area (Å²) in [6, 6.07) is 15.1. The Balaban J connectivity index is 1.34. The van der Waals surface area contributed by atoms with Crippen molar-refractivity contribution >= 4 is 63.9 Å². The van der Waals surface area contributed by atoms with Crippen molar-refractivity contribution in [3.8, 4) is 0 Å². The first-order valence-electron chi connectivity index (χ1n) is 10.7. The van der Waals surface area contributed by atoms with Gasteiger partial charge in [-0.25, -0.2) is 9.78 Å². The van der Waals surface area contributed by atoms with Gasteiger partial charge in [-0.1, -0.05) is 46.9 Å². The van der Waals surface area contributed by atoms with Crippen molar-refractivity contribution < 1.29 is 9.59 Å². The molecule has 1 fully saturated rings. The molecule has 10 heteroatoms. The summed E-state index contributed by atoms with van der Waals surface area (Å²) in [7, 11) is 0. The van der Waals surface area contributed by atoms with E-state index in [0.29, 0.717) is 51.6 Å². The molecule has 7 nitrogen and oxygen atoms in total. The molecule has 0 radical (unpaired) electrons. The third kappa shape index (κ3) is 5.91. The molecule has 0 unspecified atom stereocenters. The lowest BCUT2D eigenvalue weighted by Crippen LogP contribution is -2.35. The monoisotopic (exact) mass is 517 g/mol. The SMILES string of the molecule is O=C(Nc1ccc(N2CCCN(C(=O)c3ccc(Cl)cc3Cl)CC2)nc1)Nc1ccccc1Cl. The molecule has 1 aliphatic heterocycles. The van der Waals surface area contributed by atoms with Crippen LogP contribution in [0.5, 0.6) is 0 Å². The molecule has 2 heterocycles. The maximum atomic E-state index is 12.9. The van der Waals surface area contributed by atoms with Crippen LogP contribution in [-0.2, 0) is 0 Å². The van der Waals surface area contributed by atoms with Gasteiger partial charge in [-0.05, 0) is 48.9 Å². The highest BCUT2D eigenvalue weighted by molar-refractivity contribution is 6.36. The van der Waals surface area contributed by atoms with E-state index in [2.05, 4.69) is 20.5 Å². The molecule has 34 heavy (non-hydrogen) atoms. The third-order valence-electron chi connectivity index (χ3n) is 5.40. The Morgan fingerprint density at radius 3 is 2.41 bits per heavy atom. The minimum absolute atomic E-state index is 0.111. The minimum atomic E-state index is -0.410. The summed E-state index contributed by atoms with van der Waals surface area (Å²) in [5.74, 6) is 0.663. The van der Waals surface area contributed by atoms with E-state index in [1.165, 1.54) is 0 Å². The highest BCUT2D eigenvalue weighted by Gasteiger charge is 2.22. The van der Waals surface area contributed by atoms with Crippen molar-refractivity contribution in [3.05, 3.63) is 81.4 Å². The van der Waals surface area contributed by atoms with Gasteiger partial charge in [-0.2, -0.15) is 0 Å². The second-order valence-corrected chi connectivity index (χ2v) is 8.97. The van der Waals surface area contributed by atoms with Crippen LogP contribution in [0.3, 0.4) is 0 Å². The normalized spacial score (nSPS) is 13.9. The van der Waals surface area contributed by atoms with Gasteiger partial charge < -0.3 is 20.4 Å². The van der Waals surface area contributed by atoms with E-state index in [1.807, 2.05) is 6.07 Å². The van der Waals surface area contributed by atoms with Crippen LogP contribution in [0.4, 0.5) is 22.0 Å². The predicted molar refractivity (Wildman–Crippen MR) is 138 cm³/mol. The number of amides is 3. The number of rotatable bonds is 4. The van der Waals surface area contributed by atoms with E-state index < -0.39 is 6.03 Å². The van der Waals surface area contributed by atoms with Crippen molar-refractivity contribution in [2.24, 2.45) is 0 Å². The summed E-state index contributed by atoms with van der Waals surface area (Å²) in [6.45, 7) is 2.55. The number of nitrogens with one attached hydrogen (secondary N) is 2. The zero-order chi connectivity index (χ0) is 24.1. The smallest absolute Gasteiger partial charge is 0.323 e. The molecule has 4 rings (SSSR count). The average molecular weight is 519 g/mol. The number of halogens is 3. The fraction of sp³-hybridized carbons (Fsp3) is 0.208. The first-order chi connectivity index (χ1) is 16.4. The Bertz CT molecular complexity index is 1190. The number of carbonyl (C=O) groups is 2. The van der Waals surface area contributed by atoms with Gasteiger partial charge in [0, 0.05) is 31.2 Å². The van der Waals surface area contributed by atoms with Crippen LogP contribution in [0, 0.1) is 0 Å². The minimum Gasteiger partial charge on any atom is -0.355 e. The number of hydrogen-bond donors (Lipinski definition) is 2. The second kappa shape index (κ2) is 11.0. The van der Waals surface area contributed by atoms with E-state index in [-0.39, 0.29) is 5.91 Å². The largest absolute Gasteiger partial charge is 0.355 e. The van der Waals surface area contributed by atoms with E-state index in [9.17, 15) is 9.59 Å². The molecule has 2 N–H and O–H groups in total. The topological polar surface area (TPSA) is 77.6 Å². The molecule has 3 amide bonds.